The van der Waals surface area contributed by atoms with Crippen molar-refractivity contribution in [3.05, 3.63) is 29.8 Å². The molecule has 0 saturated heterocycles. The van der Waals surface area contributed by atoms with Gasteiger partial charge >= 0.3 is 0 Å². The maximum Gasteiger partial charge on any atom is 0.146 e. The van der Waals surface area contributed by atoms with Gasteiger partial charge in [-0.2, -0.15) is 0 Å². The summed E-state index contributed by atoms with van der Waals surface area (Å²) >= 11 is 0. The van der Waals surface area contributed by atoms with E-state index in [9.17, 15) is 4.79 Å². The second-order valence-electron chi connectivity index (χ2n) is 6.46. The minimum Gasteiger partial charge on any atom is -0.384 e. The van der Waals surface area contributed by atoms with Crippen molar-refractivity contribution in [2.45, 2.75) is 51.6 Å². The summed E-state index contributed by atoms with van der Waals surface area (Å²) in [5.74, 6) is 0.638. The fourth-order valence-corrected chi connectivity index (χ4v) is 2.70. The number of anilines is 1. The number of para-hydroxylation sites is 1. The second kappa shape index (κ2) is 5.33. The number of rotatable bonds is 4. The van der Waals surface area contributed by atoms with E-state index in [1.54, 1.807) is 6.92 Å². The van der Waals surface area contributed by atoms with Crippen LogP contribution in [0.1, 0.15) is 45.6 Å². The maximum atomic E-state index is 11.8. The first-order valence-corrected chi connectivity index (χ1v) is 6.98. The van der Waals surface area contributed by atoms with Crippen molar-refractivity contribution in [1.82, 2.24) is 5.32 Å². The Morgan fingerprint density at radius 1 is 1.42 bits per heavy atom. The summed E-state index contributed by atoms with van der Waals surface area (Å²) in [6.07, 6.45) is 0.858. The number of ketones is 1. The molecule has 1 heterocycles. The third kappa shape index (κ3) is 3.57. The van der Waals surface area contributed by atoms with Crippen LogP contribution in [-0.2, 0) is 4.79 Å². The molecule has 0 spiro atoms. The van der Waals surface area contributed by atoms with Crippen LogP contribution in [0.2, 0.25) is 0 Å². The van der Waals surface area contributed by atoms with E-state index in [0.717, 1.165) is 13.0 Å². The molecule has 1 aliphatic rings. The van der Waals surface area contributed by atoms with Crippen LogP contribution in [0.4, 0.5) is 5.69 Å². The average Bonchev–Trinajstić information content (AvgIpc) is 2.70. The average molecular weight is 260 g/mol. The molecule has 19 heavy (non-hydrogen) atoms. The Hall–Kier alpha value is -1.35. The number of nitrogens with one attached hydrogen (secondary N) is 2. The van der Waals surface area contributed by atoms with E-state index in [-0.39, 0.29) is 17.4 Å². The minimum absolute atomic E-state index is 0.0398. The Morgan fingerprint density at radius 3 is 2.74 bits per heavy atom. The molecule has 0 fully saturated rings. The zero-order valence-electron chi connectivity index (χ0n) is 12.3. The topological polar surface area (TPSA) is 41.1 Å². The largest absolute Gasteiger partial charge is 0.384 e. The molecule has 1 aromatic rings. The number of carbonyl (C=O) groups excluding carboxylic acids is 1. The van der Waals surface area contributed by atoms with Gasteiger partial charge in [0.05, 0.1) is 6.04 Å². The third-order valence-electron chi connectivity index (χ3n) is 3.56. The number of hydrogen-bond donors (Lipinski definition) is 2. The van der Waals surface area contributed by atoms with Crippen molar-refractivity contribution >= 4 is 11.5 Å². The molecule has 0 aromatic heterocycles. The maximum absolute atomic E-state index is 11.8. The number of hydrogen-bond acceptors (Lipinski definition) is 3. The van der Waals surface area contributed by atoms with Gasteiger partial charge in [0.15, 0.2) is 0 Å². The lowest BCUT2D eigenvalue weighted by Crippen LogP contribution is -2.47. The van der Waals surface area contributed by atoms with Crippen LogP contribution in [0.5, 0.6) is 0 Å². The standard InChI is InChI=1S/C16H24N2O/c1-11(19)15(18-16(2,3)4)9-12-10-17-14-8-6-5-7-13(12)14/h5-8,12,15,17-18H,9-10H2,1-4H3/t12?,15-/m0/s1. The Kier molecular flexibility index (Phi) is 3.95. The molecular formula is C16H24N2O. The van der Waals surface area contributed by atoms with Crippen LogP contribution in [0.15, 0.2) is 24.3 Å². The molecule has 1 aliphatic heterocycles. The number of benzene rings is 1. The zero-order chi connectivity index (χ0) is 14.0. The fourth-order valence-electron chi connectivity index (χ4n) is 2.70. The number of fused-ring (bicyclic) bond motifs is 1. The molecule has 3 nitrogen and oxygen atoms in total. The van der Waals surface area contributed by atoms with Gasteiger partial charge in [0, 0.05) is 23.7 Å². The van der Waals surface area contributed by atoms with Crippen LogP contribution >= 0.6 is 0 Å². The summed E-state index contributed by atoms with van der Waals surface area (Å²) in [5.41, 5.74) is 2.51. The van der Waals surface area contributed by atoms with Crippen LogP contribution < -0.4 is 10.6 Å². The molecule has 2 atom stereocenters. The molecule has 1 aromatic carbocycles. The third-order valence-corrected chi connectivity index (χ3v) is 3.56. The van der Waals surface area contributed by atoms with Gasteiger partial charge in [-0.3, -0.25) is 4.79 Å². The number of Topliss-reactive ketones (excluding diaryl/α,β-unsaturated/α-hetero) is 1. The quantitative estimate of drug-likeness (QED) is 0.874. The van der Waals surface area contributed by atoms with E-state index < -0.39 is 0 Å². The highest BCUT2D eigenvalue weighted by atomic mass is 16.1. The highest BCUT2D eigenvalue weighted by molar-refractivity contribution is 5.81. The van der Waals surface area contributed by atoms with Gasteiger partial charge in [0.1, 0.15) is 5.78 Å². The van der Waals surface area contributed by atoms with E-state index in [1.807, 2.05) is 6.07 Å². The smallest absolute Gasteiger partial charge is 0.146 e. The van der Waals surface area contributed by atoms with Crippen molar-refractivity contribution in [1.29, 1.82) is 0 Å². The van der Waals surface area contributed by atoms with Crippen molar-refractivity contribution in [2.75, 3.05) is 11.9 Å². The molecule has 0 aliphatic carbocycles. The summed E-state index contributed by atoms with van der Waals surface area (Å²) in [4.78, 5) is 11.8. The molecule has 2 N–H and O–H groups in total. The van der Waals surface area contributed by atoms with Gasteiger partial charge in [-0.05, 0) is 45.7 Å². The zero-order valence-corrected chi connectivity index (χ0v) is 12.3. The van der Waals surface area contributed by atoms with Crippen LogP contribution in [0.3, 0.4) is 0 Å². The summed E-state index contributed by atoms with van der Waals surface area (Å²) in [6, 6.07) is 8.31. The molecular weight excluding hydrogens is 236 g/mol. The fraction of sp³-hybridized carbons (Fsp3) is 0.562. The minimum atomic E-state index is -0.0713. The Labute approximate surface area is 115 Å². The van der Waals surface area contributed by atoms with Gasteiger partial charge in [-0.1, -0.05) is 18.2 Å². The van der Waals surface area contributed by atoms with Crippen molar-refractivity contribution < 1.29 is 4.79 Å². The molecule has 0 amide bonds. The molecule has 2 rings (SSSR count). The van der Waals surface area contributed by atoms with E-state index in [4.69, 9.17) is 0 Å². The van der Waals surface area contributed by atoms with Crippen LogP contribution in [0.25, 0.3) is 0 Å². The summed E-state index contributed by atoms with van der Waals surface area (Å²) in [5, 5.41) is 6.85. The molecule has 0 radical (unpaired) electrons. The molecule has 0 bridgehead atoms. The first-order chi connectivity index (χ1) is 8.87. The monoisotopic (exact) mass is 260 g/mol. The van der Waals surface area contributed by atoms with Gasteiger partial charge in [-0.15, -0.1) is 0 Å². The predicted molar refractivity (Wildman–Crippen MR) is 79.6 cm³/mol. The van der Waals surface area contributed by atoms with Crippen molar-refractivity contribution in [2.24, 2.45) is 0 Å². The summed E-state index contributed by atoms with van der Waals surface area (Å²) in [7, 11) is 0. The van der Waals surface area contributed by atoms with Gasteiger partial charge in [0.25, 0.3) is 0 Å². The molecule has 0 saturated carbocycles. The number of carbonyl (C=O) groups is 1. The van der Waals surface area contributed by atoms with E-state index in [2.05, 4.69) is 49.6 Å². The van der Waals surface area contributed by atoms with E-state index in [0.29, 0.717) is 5.92 Å². The highest BCUT2D eigenvalue weighted by Crippen LogP contribution is 2.34. The lowest BCUT2D eigenvalue weighted by molar-refractivity contribution is -0.119. The van der Waals surface area contributed by atoms with Crippen molar-refractivity contribution in [3.63, 3.8) is 0 Å². The first kappa shape index (κ1) is 14.1. The highest BCUT2D eigenvalue weighted by Gasteiger charge is 2.28. The lowest BCUT2D eigenvalue weighted by atomic mass is 9.91. The normalized spacial score (nSPS) is 19.7. The van der Waals surface area contributed by atoms with E-state index in [1.165, 1.54) is 11.3 Å². The molecule has 104 valence electrons. The van der Waals surface area contributed by atoms with E-state index >= 15 is 0 Å². The first-order valence-electron chi connectivity index (χ1n) is 6.98. The van der Waals surface area contributed by atoms with Gasteiger partial charge in [0.2, 0.25) is 0 Å². The van der Waals surface area contributed by atoms with Crippen LogP contribution in [-0.4, -0.2) is 23.9 Å². The summed E-state index contributed by atoms with van der Waals surface area (Å²) < 4.78 is 0. The Bertz CT molecular complexity index is 462. The Balaban J connectivity index is 2.09. The SMILES string of the molecule is CC(=O)[C@H](CC1CNc2ccccc21)NC(C)(C)C. The lowest BCUT2D eigenvalue weighted by Gasteiger charge is -2.28. The van der Waals surface area contributed by atoms with Gasteiger partial charge < -0.3 is 10.6 Å². The predicted octanol–water partition coefficient (Wildman–Crippen LogP) is 2.93. The second-order valence-corrected chi connectivity index (χ2v) is 6.46. The molecule has 3 heteroatoms. The van der Waals surface area contributed by atoms with Crippen molar-refractivity contribution in [3.8, 4) is 0 Å². The summed E-state index contributed by atoms with van der Waals surface area (Å²) in [6.45, 7) is 8.91. The molecule has 1 unspecified atom stereocenters. The van der Waals surface area contributed by atoms with Crippen LogP contribution in [0, 0.1) is 0 Å². The van der Waals surface area contributed by atoms with Gasteiger partial charge in [-0.25, -0.2) is 0 Å². The Morgan fingerprint density at radius 2 is 2.11 bits per heavy atom.